The summed E-state index contributed by atoms with van der Waals surface area (Å²) in [6, 6.07) is 10.9. The summed E-state index contributed by atoms with van der Waals surface area (Å²) in [5.74, 6) is 0.756. The van der Waals surface area contributed by atoms with Crippen LogP contribution in [0.2, 0.25) is 5.02 Å². The molecule has 0 spiro atoms. The fourth-order valence-electron chi connectivity index (χ4n) is 3.94. The van der Waals surface area contributed by atoms with Gasteiger partial charge in [0, 0.05) is 17.0 Å². The highest BCUT2D eigenvalue weighted by atomic mass is 35.5. The summed E-state index contributed by atoms with van der Waals surface area (Å²) < 4.78 is 14.2. The molecule has 0 atom stereocenters. The third-order valence-corrected chi connectivity index (χ3v) is 6.03. The summed E-state index contributed by atoms with van der Waals surface area (Å²) in [4.78, 5) is 25.4. The number of nitrogens with zero attached hydrogens (tertiary/aromatic N) is 4. The van der Waals surface area contributed by atoms with E-state index in [0.717, 1.165) is 15.6 Å². The van der Waals surface area contributed by atoms with E-state index in [2.05, 4.69) is 10.2 Å². The van der Waals surface area contributed by atoms with Crippen LogP contribution in [0.5, 0.6) is 5.75 Å². The van der Waals surface area contributed by atoms with Crippen molar-refractivity contribution in [2.75, 3.05) is 6.61 Å². The number of esters is 1. The number of ether oxygens (including phenoxy) is 2. The summed E-state index contributed by atoms with van der Waals surface area (Å²) in [5.41, 5.74) is 0.357. The number of rotatable bonds is 7. The number of hydrogen-bond acceptors (Lipinski definition) is 6. The predicted molar refractivity (Wildman–Crippen MR) is 134 cm³/mol. The Morgan fingerprint density at radius 3 is 2.60 bits per heavy atom. The van der Waals surface area contributed by atoms with Gasteiger partial charge in [0.15, 0.2) is 0 Å². The summed E-state index contributed by atoms with van der Waals surface area (Å²) in [7, 11) is 0. The average molecular weight is 495 g/mol. The lowest BCUT2D eigenvalue weighted by Crippen LogP contribution is -2.32. The molecule has 1 aliphatic rings. The number of halogens is 1. The van der Waals surface area contributed by atoms with E-state index in [1.807, 2.05) is 24.4 Å². The van der Waals surface area contributed by atoms with Crippen LogP contribution in [-0.4, -0.2) is 37.7 Å². The van der Waals surface area contributed by atoms with Crippen LogP contribution >= 0.6 is 11.6 Å². The molecule has 0 radical (unpaired) electrons. The normalized spacial score (nSPS) is 13.9. The van der Waals surface area contributed by atoms with E-state index in [1.165, 1.54) is 12.8 Å². The molecule has 9 heteroatoms. The molecule has 0 saturated heterocycles. The highest BCUT2D eigenvalue weighted by Gasteiger charge is 2.23. The molecule has 0 aliphatic heterocycles. The fourth-order valence-corrected chi connectivity index (χ4v) is 4.15. The number of carbonyl (C=O) groups excluding carboxylic acids is 1. The van der Waals surface area contributed by atoms with Gasteiger partial charge in [0.05, 0.1) is 34.8 Å². The maximum atomic E-state index is 13.0. The van der Waals surface area contributed by atoms with Crippen molar-refractivity contribution in [1.82, 2.24) is 19.6 Å². The lowest BCUT2D eigenvalue weighted by Gasteiger charge is -2.19. The van der Waals surface area contributed by atoms with Crippen LogP contribution in [0.4, 0.5) is 0 Å². The van der Waals surface area contributed by atoms with Crippen molar-refractivity contribution in [2.45, 2.75) is 52.3 Å². The van der Waals surface area contributed by atoms with E-state index < -0.39 is 11.6 Å². The molecule has 1 fully saturated rings. The van der Waals surface area contributed by atoms with Gasteiger partial charge >= 0.3 is 5.97 Å². The average Bonchev–Trinajstić information content (AvgIpc) is 3.53. The van der Waals surface area contributed by atoms with Gasteiger partial charge in [-0.1, -0.05) is 29.8 Å². The Bertz CT molecular complexity index is 1480. The molecular formula is C26H27ClN4O4. The van der Waals surface area contributed by atoms with E-state index >= 15 is 0 Å². The molecule has 4 aromatic rings. The van der Waals surface area contributed by atoms with Crippen molar-refractivity contribution in [3.05, 3.63) is 63.7 Å². The second-order valence-corrected chi connectivity index (χ2v) is 10.4. The first-order chi connectivity index (χ1) is 16.7. The van der Waals surface area contributed by atoms with Crippen molar-refractivity contribution in [3.63, 3.8) is 0 Å². The second kappa shape index (κ2) is 9.00. The monoisotopic (exact) mass is 494 g/mol. The van der Waals surface area contributed by atoms with Gasteiger partial charge in [0.2, 0.25) is 0 Å². The van der Waals surface area contributed by atoms with Gasteiger partial charge in [-0.2, -0.15) is 10.2 Å². The largest absolute Gasteiger partial charge is 0.492 e. The standard InChI is InChI=1S/C26H27ClN4O4/c1-26(2,3)35-24(32)14-31-25(33)19-7-5-4-6-18(19)22(29-31)13-30-12-17-10-23(34-15-16-8-9-16)20(27)11-21(17)28-30/h4-7,10-12,16H,8-9,13-15H2,1-3H3. The van der Waals surface area contributed by atoms with Gasteiger partial charge in [-0.05, 0) is 57.7 Å². The molecule has 0 unspecified atom stereocenters. The summed E-state index contributed by atoms with van der Waals surface area (Å²) in [6.45, 7) is 6.05. The molecule has 35 heavy (non-hydrogen) atoms. The number of fused-ring (bicyclic) bond motifs is 2. The van der Waals surface area contributed by atoms with Crippen LogP contribution in [-0.2, 0) is 22.6 Å². The minimum atomic E-state index is -0.655. The minimum absolute atomic E-state index is 0.272. The molecule has 2 aromatic carbocycles. The fraction of sp³-hybridized carbons (Fsp3) is 0.385. The van der Waals surface area contributed by atoms with Crippen LogP contribution < -0.4 is 10.3 Å². The Balaban J connectivity index is 1.47. The van der Waals surface area contributed by atoms with Crippen LogP contribution in [0.25, 0.3) is 21.7 Å². The second-order valence-electron chi connectivity index (χ2n) is 9.96. The van der Waals surface area contributed by atoms with Crippen LogP contribution in [0, 0.1) is 5.92 Å². The first-order valence-corrected chi connectivity index (χ1v) is 12.0. The Labute approximate surface area is 207 Å². The van der Waals surface area contributed by atoms with E-state index in [1.54, 1.807) is 43.7 Å². The zero-order valence-electron chi connectivity index (χ0n) is 20.0. The maximum Gasteiger partial charge on any atom is 0.328 e. The van der Waals surface area contributed by atoms with Gasteiger partial charge in [-0.15, -0.1) is 0 Å². The summed E-state index contributed by atoms with van der Waals surface area (Å²) in [5, 5.41) is 11.8. The third kappa shape index (κ3) is 5.32. The Hall–Kier alpha value is -3.39. The van der Waals surface area contributed by atoms with Gasteiger partial charge < -0.3 is 9.47 Å². The van der Waals surface area contributed by atoms with Crippen molar-refractivity contribution < 1.29 is 14.3 Å². The Morgan fingerprint density at radius 1 is 1.14 bits per heavy atom. The molecule has 0 N–H and O–H groups in total. The first-order valence-electron chi connectivity index (χ1n) is 11.7. The SMILES string of the molecule is CC(C)(C)OC(=O)Cn1nc(Cn2cc3cc(OCC4CC4)c(Cl)cc3n2)c2ccccc2c1=O. The van der Waals surface area contributed by atoms with Crippen molar-refractivity contribution in [2.24, 2.45) is 5.92 Å². The van der Waals surface area contributed by atoms with E-state index in [4.69, 9.17) is 21.1 Å². The molecule has 2 aromatic heterocycles. The Kier molecular flexibility index (Phi) is 6.01. The zero-order chi connectivity index (χ0) is 24.7. The lowest BCUT2D eigenvalue weighted by molar-refractivity contribution is -0.155. The van der Waals surface area contributed by atoms with Crippen LogP contribution in [0.3, 0.4) is 0 Å². The summed E-state index contributed by atoms with van der Waals surface area (Å²) >= 11 is 6.42. The molecule has 0 amide bonds. The highest BCUT2D eigenvalue weighted by Crippen LogP contribution is 2.33. The molecule has 1 saturated carbocycles. The molecule has 5 rings (SSSR count). The summed E-state index contributed by atoms with van der Waals surface area (Å²) in [6.07, 6.45) is 4.30. The smallest absolute Gasteiger partial charge is 0.328 e. The number of aromatic nitrogens is 4. The van der Waals surface area contributed by atoms with Crippen molar-refractivity contribution >= 4 is 39.2 Å². The van der Waals surface area contributed by atoms with Crippen molar-refractivity contribution in [3.8, 4) is 5.75 Å². The molecule has 8 nitrogen and oxygen atoms in total. The number of carbonyl (C=O) groups is 1. The van der Waals surface area contributed by atoms with E-state index in [9.17, 15) is 9.59 Å². The first kappa shape index (κ1) is 23.4. The highest BCUT2D eigenvalue weighted by molar-refractivity contribution is 6.32. The van der Waals surface area contributed by atoms with Gasteiger partial charge in [0.25, 0.3) is 5.56 Å². The number of hydrogen-bond donors (Lipinski definition) is 0. The van der Waals surface area contributed by atoms with E-state index in [0.29, 0.717) is 46.3 Å². The maximum absolute atomic E-state index is 13.0. The van der Waals surface area contributed by atoms with E-state index in [-0.39, 0.29) is 12.1 Å². The minimum Gasteiger partial charge on any atom is -0.492 e. The molecule has 1 aliphatic carbocycles. The van der Waals surface area contributed by atoms with Crippen molar-refractivity contribution in [1.29, 1.82) is 0 Å². The van der Waals surface area contributed by atoms with Crippen LogP contribution in [0.15, 0.2) is 47.4 Å². The number of benzene rings is 2. The van der Waals surface area contributed by atoms with Gasteiger partial charge in [0.1, 0.15) is 17.9 Å². The molecule has 2 heterocycles. The Morgan fingerprint density at radius 2 is 1.89 bits per heavy atom. The topological polar surface area (TPSA) is 88.2 Å². The predicted octanol–water partition coefficient (Wildman–Crippen LogP) is 4.58. The van der Waals surface area contributed by atoms with Gasteiger partial charge in [-0.3, -0.25) is 14.3 Å². The third-order valence-electron chi connectivity index (χ3n) is 5.73. The molecular weight excluding hydrogens is 468 g/mol. The quantitative estimate of drug-likeness (QED) is 0.349. The zero-order valence-corrected chi connectivity index (χ0v) is 20.7. The van der Waals surface area contributed by atoms with Gasteiger partial charge in [-0.25, -0.2) is 4.68 Å². The lowest BCUT2D eigenvalue weighted by atomic mass is 10.1. The molecule has 182 valence electrons. The van der Waals surface area contributed by atoms with Crippen LogP contribution in [0.1, 0.15) is 39.3 Å². The molecule has 0 bridgehead atoms.